The van der Waals surface area contributed by atoms with Crippen LogP contribution < -0.4 is 5.32 Å². The number of amides is 1. The Kier molecular flexibility index (Phi) is 4.93. The molecule has 1 unspecified atom stereocenters. The predicted octanol–water partition coefficient (Wildman–Crippen LogP) is 1.73. The molecule has 0 aliphatic heterocycles. The zero-order valence-corrected chi connectivity index (χ0v) is 12.6. The Morgan fingerprint density at radius 2 is 2.24 bits per heavy atom. The van der Waals surface area contributed by atoms with Gasteiger partial charge in [0.2, 0.25) is 0 Å². The van der Waals surface area contributed by atoms with Crippen LogP contribution in [0, 0.1) is 6.92 Å². The predicted molar refractivity (Wildman–Crippen MR) is 79.7 cm³/mol. The van der Waals surface area contributed by atoms with Crippen LogP contribution in [0.15, 0.2) is 24.3 Å². The smallest absolute Gasteiger partial charge is 0.273 e. The fraction of sp³-hybridized carbons (Fsp3) is 0.357. The SMILES string of the molecule is Cc1nn(-c2cccc(Cl)c2)nc1C(=O)NCCC(C)O. The Morgan fingerprint density at radius 3 is 2.90 bits per heavy atom. The summed E-state index contributed by atoms with van der Waals surface area (Å²) in [6, 6.07) is 7.07. The van der Waals surface area contributed by atoms with Gasteiger partial charge in [-0.1, -0.05) is 17.7 Å². The monoisotopic (exact) mass is 308 g/mol. The van der Waals surface area contributed by atoms with Crippen molar-refractivity contribution in [2.45, 2.75) is 26.4 Å². The van der Waals surface area contributed by atoms with Crippen LogP contribution in [0.1, 0.15) is 29.5 Å². The van der Waals surface area contributed by atoms with Crippen LogP contribution in [0.2, 0.25) is 5.02 Å². The summed E-state index contributed by atoms with van der Waals surface area (Å²) in [5, 5.41) is 20.9. The number of hydrogen-bond donors (Lipinski definition) is 2. The van der Waals surface area contributed by atoms with Gasteiger partial charge in [-0.05, 0) is 38.5 Å². The summed E-state index contributed by atoms with van der Waals surface area (Å²) >= 11 is 5.93. The van der Waals surface area contributed by atoms with Gasteiger partial charge in [-0.15, -0.1) is 5.10 Å². The van der Waals surface area contributed by atoms with Gasteiger partial charge in [-0.2, -0.15) is 9.90 Å². The number of halogens is 1. The van der Waals surface area contributed by atoms with Crippen molar-refractivity contribution in [3.05, 3.63) is 40.7 Å². The maximum atomic E-state index is 12.0. The molecule has 1 atom stereocenters. The van der Waals surface area contributed by atoms with Gasteiger partial charge in [-0.25, -0.2) is 0 Å². The minimum atomic E-state index is -0.450. The van der Waals surface area contributed by atoms with Gasteiger partial charge in [0.25, 0.3) is 5.91 Å². The molecule has 1 amide bonds. The number of carbonyl (C=O) groups is 1. The van der Waals surface area contributed by atoms with E-state index >= 15 is 0 Å². The molecule has 2 aromatic rings. The number of aromatic nitrogens is 3. The van der Waals surface area contributed by atoms with Crippen LogP contribution >= 0.6 is 11.6 Å². The van der Waals surface area contributed by atoms with Crippen molar-refractivity contribution in [1.82, 2.24) is 20.3 Å². The summed E-state index contributed by atoms with van der Waals surface area (Å²) in [4.78, 5) is 13.4. The number of carbonyl (C=O) groups excluding carboxylic acids is 1. The first-order valence-electron chi connectivity index (χ1n) is 6.63. The van der Waals surface area contributed by atoms with Crippen LogP contribution in [-0.2, 0) is 0 Å². The molecule has 7 heteroatoms. The van der Waals surface area contributed by atoms with Crippen molar-refractivity contribution in [2.24, 2.45) is 0 Å². The van der Waals surface area contributed by atoms with E-state index in [9.17, 15) is 9.90 Å². The summed E-state index contributed by atoms with van der Waals surface area (Å²) in [6.45, 7) is 3.78. The number of aryl methyl sites for hydroxylation is 1. The van der Waals surface area contributed by atoms with E-state index in [0.29, 0.717) is 29.4 Å². The third-order valence-corrected chi connectivity index (χ3v) is 3.12. The van der Waals surface area contributed by atoms with E-state index in [1.807, 2.05) is 0 Å². The van der Waals surface area contributed by atoms with Crippen molar-refractivity contribution in [1.29, 1.82) is 0 Å². The first kappa shape index (κ1) is 15.5. The van der Waals surface area contributed by atoms with Gasteiger partial charge in [0.15, 0.2) is 5.69 Å². The minimum absolute atomic E-state index is 0.264. The van der Waals surface area contributed by atoms with Crippen LogP contribution in [0.4, 0.5) is 0 Å². The number of rotatable bonds is 5. The van der Waals surface area contributed by atoms with Crippen LogP contribution in [0.5, 0.6) is 0 Å². The van der Waals surface area contributed by atoms with Crippen molar-refractivity contribution >= 4 is 17.5 Å². The molecule has 0 aliphatic carbocycles. The van der Waals surface area contributed by atoms with Crippen molar-refractivity contribution < 1.29 is 9.90 Å². The van der Waals surface area contributed by atoms with Crippen molar-refractivity contribution in [2.75, 3.05) is 6.54 Å². The van der Waals surface area contributed by atoms with E-state index in [4.69, 9.17) is 11.6 Å². The highest BCUT2D eigenvalue weighted by atomic mass is 35.5. The molecule has 1 heterocycles. The van der Waals surface area contributed by atoms with E-state index < -0.39 is 6.10 Å². The van der Waals surface area contributed by atoms with E-state index in [0.717, 1.165) is 0 Å². The molecular formula is C14H17ClN4O2. The van der Waals surface area contributed by atoms with Crippen LogP contribution in [0.25, 0.3) is 5.69 Å². The van der Waals surface area contributed by atoms with Crippen LogP contribution in [0.3, 0.4) is 0 Å². The Labute approximate surface area is 127 Å². The molecule has 0 bridgehead atoms. The molecule has 0 radical (unpaired) electrons. The second-order valence-corrected chi connectivity index (χ2v) is 5.23. The molecule has 0 saturated heterocycles. The average molecular weight is 309 g/mol. The molecule has 0 spiro atoms. The molecule has 1 aromatic carbocycles. The largest absolute Gasteiger partial charge is 0.393 e. The van der Waals surface area contributed by atoms with Crippen molar-refractivity contribution in [3.8, 4) is 5.69 Å². The second kappa shape index (κ2) is 6.69. The molecule has 0 aliphatic rings. The Bertz CT molecular complexity index is 640. The summed E-state index contributed by atoms with van der Waals surface area (Å²) in [5.74, 6) is -0.304. The number of aliphatic hydroxyl groups excluding tert-OH is 1. The first-order chi connectivity index (χ1) is 9.97. The van der Waals surface area contributed by atoms with Crippen LogP contribution in [-0.4, -0.2) is 38.7 Å². The Morgan fingerprint density at radius 1 is 1.48 bits per heavy atom. The van der Waals surface area contributed by atoms with Gasteiger partial charge in [0.05, 0.1) is 17.5 Å². The number of aliphatic hydroxyl groups is 1. The lowest BCUT2D eigenvalue weighted by Crippen LogP contribution is -2.27. The molecule has 21 heavy (non-hydrogen) atoms. The van der Waals surface area contributed by atoms with E-state index in [-0.39, 0.29) is 11.6 Å². The number of benzene rings is 1. The fourth-order valence-corrected chi connectivity index (χ4v) is 1.97. The average Bonchev–Trinajstić information content (AvgIpc) is 2.80. The normalized spacial score (nSPS) is 12.2. The summed E-state index contributed by atoms with van der Waals surface area (Å²) in [5.41, 5.74) is 1.48. The summed E-state index contributed by atoms with van der Waals surface area (Å²) < 4.78 is 0. The second-order valence-electron chi connectivity index (χ2n) is 4.80. The minimum Gasteiger partial charge on any atom is -0.393 e. The van der Waals surface area contributed by atoms with E-state index in [1.165, 1.54) is 4.80 Å². The lowest BCUT2D eigenvalue weighted by atomic mass is 10.3. The van der Waals surface area contributed by atoms with Gasteiger partial charge in [0, 0.05) is 11.6 Å². The lowest BCUT2D eigenvalue weighted by Gasteiger charge is -2.05. The third kappa shape index (κ3) is 4.03. The zero-order valence-electron chi connectivity index (χ0n) is 11.9. The number of hydrogen-bond acceptors (Lipinski definition) is 4. The third-order valence-electron chi connectivity index (χ3n) is 2.88. The standard InChI is InChI=1S/C14H17ClN4O2/c1-9(20)6-7-16-14(21)13-10(2)17-19(18-13)12-5-3-4-11(15)8-12/h3-5,8-9,20H,6-7H2,1-2H3,(H,16,21). The lowest BCUT2D eigenvalue weighted by molar-refractivity contribution is 0.0939. The molecule has 2 rings (SSSR count). The molecule has 0 fully saturated rings. The summed E-state index contributed by atoms with van der Waals surface area (Å²) in [7, 11) is 0. The Balaban J connectivity index is 2.14. The first-order valence-corrected chi connectivity index (χ1v) is 7.01. The Hall–Kier alpha value is -1.92. The highest BCUT2D eigenvalue weighted by Gasteiger charge is 2.16. The van der Waals surface area contributed by atoms with E-state index in [1.54, 1.807) is 38.1 Å². The maximum absolute atomic E-state index is 12.0. The maximum Gasteiger partial charge on any atom is 0.273 e. The fourth-order valence-electron chi connectivity index (χ4n) is 1.78. The quantitative estimate of drug-likeness (QED) is 0.881. The summed E-state index contributed by atoms with van der Waals surface area (Å²) in [6.07, 6.45) is 0.0428. The zero-order chi connectivity index (χ0) is 15.4. The molecule has 0 saturated carbocycles. The van der Waals surface area contributed by atoms with Gasteiger partial charge in [-0.3, -0.25) is 4.79 Å². The highest BCUT2D eigenvalue weighted by molar-refractivity contribution is 6.30. The molecule has 6 nitrogen and oxygen atoms in total. The van der Waals surface area contributed by atoms with E-state index in [2.05, 4.69) is 15.5 Å². The molecule has 2 N–H and O–H groups in total. The highest BCUT2D eigenvalue weighted by Crippen LogP contribution is 2.14. The van der Waals surface area contributed by atoms with Gasteiger partial charge >= 0.3 is 0 Å². The topological polar surface area (TPSA) is 80.0 Å². The molecule has 112 valence electrons. The van der Waals surface area contributed by atoms with Gasteiger partial charge < -0.3 is 10.4 Å². The number of nitrogens with zero attached hydrogens (tertiary/aromatic N) is 3. The molecule has 1 aromatic heterocycles. The number of nitrogens with one attached hydrogen (secondary N) is 1. The molecular weight excluding hydrogens is 292 g/mol. The van der Waals surface area contributed by atoms with Gasteiger partial charge in [0.1, 0.15) is 0 Å². The van der Waals surface area contributed by atoms with Crippen molar-refractivity contribution in [3.63, 3.8) is 0 Å².